The second-order valence-electron chi connectivity index (χ2n) is 8.59. The number of nitrogens with zero attached hydrogens (tertiary/aromatic N) is 3. The highest BCUT2D eigenvalue weighted by molar-refractivity contribution is 7.12. The standard InChI is InChI=1S/C24H31F2N5OS/c25-14-18-13-19(5-8-21(18)26)29-24(32)31(12-11-30-9-1-2-10-30)20-6-3-17(4-7-20)22-16-28-23(15-27)33-22/h3,5,8,13,16,20H,1-2,4,6-7,9-12,14-15,27H2,(H,29,32). The summed E-state index contributed by atoms with van der Waals surface area (Å²) in [6.07, 6.45) is 8.97. The topological polar surface area (TPSA) is 74.5 Å². The van der Waals surface area contributed by atoms with E-state index in [1.165, 1.54) is 36.6 Å². The molecule has 33 heavy (non-hydrogen) atoms. The van der Waals surface area contributed by atoms with Gasteiger partial charge in [0, 0.05) is 43.1 Å². The molecule has 1 fully saturated rings. The number of alkyl halides is 1. The molecule has 2 aromatic rings. The number of thiazole rings is 1. The first-order valence-electron chi connectivity index (χ1n) is 11.6. The van der Waals surface area contributed by atoms with E-state index in [0.717, 1.165) is 48.8 Å². The Labute approximate surface area is 197 Å². The van der Waals surface area contributed by atoms with Gasteiger partial charge in [-0.05, 0) is 69.0 Å². The minimum atomic E-state index is -0.909. The lowest BCUT2D eigenvalue weighted by molar-refractivity contribution is 0.170. The number of hydrogen-bond acceptors (Lipinski definition) is 5. The summed E-state index contributed by atoms with van der Waals surface area (Å²) in [7, 11) is 0. The van der Waals surface area contributed by atoms with E-state index in [4.69, 9.17) is 5.73 Å². The van der Waals surface area contributed by atoms with Gasteiger partial charge < -0.3 is 20.9 Å². The van der Waals surface area contributed by atoms with Gasteiger partial charge in [0.25, 0.3) is 0 Å². The number of amides is 2. The first kappa shape index (κ1) is 23.8. The Morgan fingerprint density at radius 2 is 2.15 bits per heavy atom. The smallest absolute Gasteiger partial charge is 0.322 e. The summed E-state index contributed by atoms with van der Waals surface area (Å²) in [5, 5.41) is 3.79. The molecule has 2 amide bonds. The van der Waals surface area contributed by atoms with Gasteiger partial charge >= 0.3 is 6.03 Å². The zero-order chi connectivity index (χ0) is 23.2. The number of anilines is 1. The molecule has 1 unspecified atom stereocenters. The Hall–Kier alpha value is -2.36. The number of hydrogen-bond donors (Lipinski definition) is 2. The van der Waals surface area contributed by atoms with E-state index in [9.17, 15) is 13.6 Å². The van der Waals surface area contributed by atoms with Gasteiger partial charge in [-0.2, -0.15) is 0 Å². The van der Waals surface area contributed by atoms with Crippen molar-refractivity contribution >= 4 is 28.6 Å². The summed E-state index contributed by atoms with van der Waals surface area (Å²) in [6.45, 7) is 3.11. The van der Waals surface area contributed by atoms with E-state index < -0.39 is 12.5 Å². The summed E-state index contributed by atoms with van der Waals surface area (Å²) < 4.78 is 26.7. The van der Waals surface area contributed by atoms with Crippen LogP contribution in [0.25, 0.3) is 5.57 Å². The van der Waals surface area contributed by atoms with Gasteiger partial charge in [0.2, 0.25) is 0 Å². The molecular formula is C24H31F2N5OS. The Kier molecular flexibility index (Phi) is 8.06. The number of halogens is 2. The van der Waals surface area contributed by atoms with Crippen molar-refractivity contribution in [1.82, 2.24) is 14.8 Å². The van der Waals surface area contributed by atoms with Gasteiger partial charge in [0.1, 0.15) is 17.5 Å². The number of allylic oxidation sites excluding steroid dienone is 1. The van der Waals surface area contributed by atoms with Crippen LogP contribution in [0.2, 0.25) is 0 Å². The van der Waals surface area contributed by atoms with E-state index in [1.54, 1.807) is 11.3 Å². The first-order chi connectivity index (χ1) is 16.1. The van der Waals surface area contributed by atoms with Crippen LogP contribution in [0.1, 0.15) is 47.6 Å². The molecule has 0 bridgehead atoms. The lowest BCUT2D eigenvalue weighted by Crippen LogP contribution is -2.47. The van der Waals surface area contributed by atoms with Crippen molar-refractivity contribution in [1.29, 1.82) is 0 Å². The van der Waals surface area contributed by atoms with Crippen molar-refractivity contribution < 1.29 is 13.6 Å². The normalized spacial score (nSPS) is 18.9. The predicted molar refractivity (Wildman–Crippen MR) is 128 cm³/mol. The van der Waals surface area contributed by atoms with Crippen LogP contribution >= 0.6 is 11.3 Å². The number of rotatable bonds is 8. The van der Waals surface area contributed by atoms with Crippen LogP contribution in [0.4, 0.5) is 19.3 Å². The van der Waals surface area contributed by atoms with Gasteiger partial charge in [0.05, 0.1) is 4.88 Å². The first-order valence-corrected chi connectivity index (χ1v) is 12.4. The highest BCUT2D eigenvalue weighted by Crippen LogP contribution is 2.32. The average Bonchev–Trinajstić information content (AvgIpc) is 3.53. The molecule has 1 aliphatic heterocycles. The van der Waals surface area contributed by atoms with Crippen LogP contribution in [0.5, 0.6) is 0 Å². The van der Waals surface area contributed by atoms with Gasteiger partial charge in [-0.25, -0.2) is 18.6 Å². The number of carbonyl (C=O) groups is 1. The molecule has 1 aromatic carbocycles. The number of nitrogens with two attached hydrogens (primary N) is 1. The third-order valence-electron chi connectivity index (χ3n) is 6.43. The molecule has 4 rings (SSSR count). The molecule has 0 saturated carbocycles. The maximum atomic E-state index is 13.7. The summed E-state index contributed by atoms with van der Waals surface area (Å²) in [5.41, 5.74) is 7.31. The fourth-order valence-corrected chi connectivity index (χ4v) is 5.40. The molecule has 3 N–H and O–H groups in total. The van der Waals surface area contributed by atoms with Crippen LogP contribution in [-0.2, 0) is 13.2 Å². The van der Waals surface area contributed by atoms with E-state index in [0.29, 0.717) is 18.8 Å². The monoisotopic (exact) mass is 475 g/mol. The van der Waals surface area contributed by atoms with Gasteiger partial charge in [0.15, 0.2) is 0 Å². The van der Waals surface area contributed by atoms with Gasteiger partial charge in [-0.1, -0.05) is 6.08 Å². The fourth-order valence-electron chi connectivity index (χ4n) is 4.54. The molecule has 1 saturated heterocycles. The number of urea groups is 1. The van der Waals surface area contributed by atoms with Crippen molar-refractivity contribution in [2.75, 3.05) is 31.5 Å². The highest BCUT2D eigenvalue weighted by Gasteiger charge is 2.27. The van der Waals surface area contributed by atoms with Crippen LogP contribution in [0.15, 0.2) is 30.5 Å². The minimum absolute atomic E-state index is 0.0527. The second kappa shape index (κ2) is 11.2. The molecule has 9 heteroatoms. The number of aromatic nitrogens is 1. The van der Waals surface area contributed by atoms with Crippen molar-refractivity contribution in [3.05, 3.63) is 51.7 Å². The molecule has 1 aromatic heterocycles. The Balaban J connectivity index is 1.46. The summed E-state index contributed by atoms with van der Waals surface area (Å²) in [5.74, 6) is -0.604. The minimum Gasteiger partial charge on any atom is -0.325 e. The number of carbonyl (C=O) groups excluding carboxylic acids is 1. The van der Waals surface area contributed by atoms with Gasteiger partial charge in [-0.15, -0.1) is 11.3 Å². The Bertz CT molecular complexity index is 989. The van der Waals surface area contributed by atoms with E-state index in [1.807, 2.05) is 11.1 Å². The van der Waals surface area contributed by atoms with Crippen molar-refractivity contribution in [2.45, 2.75) is 51.4 Å². The molecular weight excluding hydrogens is 444 g/mol. The van der Waals surface area contributed by atoms with E-state index >= 15 is 0 Å². The lowest BCUT2D eigenvalue weighted by Gasteiger charge is -2.35. The van der Waals surface area contributed by atoms with E-state index in [2.05, 4.69) is 21.3 Å². The highest BCUT2D eigenvalue weighted by atomic mass is 32.1. The molecule has 0 radical (unpaired) electrons. The van der Waals surface area contributed by atoms with E-state index in [-0.39, 0.29) is 17.6 Å². The fraction of sp³-hybridized carbons (Fsp3) is 0.500. The van der Waals surface area contributed by atoms with Crippen LogP contribution in [-0.4, -0.2) is 53.0 Å². The van der Waals surface area contributed by atoms with Crippen LogP contribution < -0.4 is 11.1 Å². The largest absolute Gasteiger partial charge is 0.325 e. The van der Waals surface area contributed by atoms with Crippen molar-refractivity contribution in [3.63, 3.8) is 0 Å². The molecule has 1 atom stereocenters. The molecule has 6 nitrogen and oxygen atoms in total. The van der Waals surface area contributed by atoms with Crippen molar-refractivity contribution in [2.24, 2.45) is 5.73 Å². The lowest BCUT2D eigenvalue weighted by atomic mass is 9.93. The quantitative estimate of drug-likeness (QED) is 0.577. The zero-order valence-corrected chi connectivity index (χ0v) is 19.6. The Morgan fingerprint density at radius 3 is 2.82 bits per heavy atom. The third kappa shape index (κ3) is 5.96. The summed E-state index contributed by atoms with van der Waals surface area (Å²) in [6, 6.07) is 3.88. The number of likely N-dealkylation sites (tertiary alicyclic amines) is 1. The molecule has 1 aliphatic carbocycles. The van der Waals surface area contributed by atoms with Crippen LogP contribution in [0.3, 0.4) is 0 Å². The summed E-state index contributed by atoms with van der Waals surface area (Å²) >= 11 is 1.62. The Morgan fingerprint density at radius 1 is 1.33 bits per heavy atom. The second-order valence-corrected chi connectivity index (χ2v) is 9.71. The van der Waals surface area contributed by atoms with Gasteiger partial charge in [-0.3, -0.25) is 0 Å². The number of nitrogens with one attached hydrogen (secondary N) is 1. The maximum absolute atomic E-state index is 13.7. The molecule has 0 spiro atoms. The van der Waals surface area contributed by atoms with Crippen molar-refractivity contribution in [3.8, 4) is 0 Å². The number of benzene rings is 1. The summed E-state index contributed by atoms with van der Waals surface area (Å²) in [4.78, 5) is 23.0. The maximum Gasteiger partial charge on any atom is 0.322 e. The third-order valence-corrected chi connectivity index (χ3v) is 7.52. The SMILES string of the molecule is NCc1ncc(C2=CCC(N(CCN3CCCC3)C(=O)Nc3ccc(F)c(CF)c3)CC2)s1. The average molecular weight is 476 g/mol. The molecule has 178 valence electrons. The molecule has 2 heterocycles. The predicted octanol–water partition coefficient (Wildman–Crippen LogP) is 4.78. The van der Waals surface area contributed by atoms with Crippen LogP contribution in [0, 0.1) is 5.82 Å². The molecule has 2 aliphatic rings. The zero-order valence-electron chi connectivity index (χ0n) is 18.7.